The lowest BCUT2D eigenvalue weighted by atomic mass is 10.2. The van der Waals surface area contributed by atoms with Crippen LogP contribution in [0.5, 0.6) is 0 Å². The number of rotatable bonds is 5. The minimum absolute atomic E-state index is 0.589. The van der Waals surface area contributed by atoms with Crippen molar-refractivity contribution in [2.45, 2.75) is 11.6 Å². The van der Waals surface area contributed by atoms with Crippen LogP contribution in [0.15, 0.2) is 54.5 Å². The first kappa shape index (κ1) is 14.1. The quantitative estimate of drug-likeness (QED) is 0.408. The van der Waals surface area contributed by atoms with Crippen molar-refractivity contribution in [2.24, 2.45) is 0 Å². The van der Waals surface area contributed by atoms with Gasteiger partial charge in [0.1, 0.15) is 11.4 Å². The average Bonchev–Trinajstić information content (AvgIpc) is 2.91. The number of hydrogen-bond acceptors (Lipinski definition) is 4. The molecular formula is C15H13ClN4S. The summed E-state index contributed by atoms with van der Waals surface area (Å²) < 4.78 is 1.84. The van der Waals surface area contributed by atoms with Gasteiger partial charge in [-0.15, -0.1) is 18.3 Å². The van der Waals surface area contributed by atoms with Crippen LogP contribution in [0.25, 0.3) is 11.0 Å². The first-order valence-corrected chi connectivity index (χ1v) is 7.79. The molecule has 0 atom stereocenters. The van der Waals surface area contributed by atoms with Crippen LogP contribution in [-0.4, -0.2) is 25.5 Å². The third kappa shape index (κ3) is 2.94. The van der Waals surface area contributed by atoms with E-state index < -0.39 is 0 Å². The molecule has 3 aromatic rings. The largest absolute Gasteiger partial charge is 0.243 e. The lowest BCUT2D eigenvalue weighted by Gasteiger charge is -2.05. The average molecular weight is 317 g/mol. The van der Waals surface area contributed by atoms with Gasteiger partial charge in [-0.2, -0.15) is 5.10 Å². The van der Waals surface area contributed by atoms with E-state index in [1.165, 1.54) is 0 Å². The normalized spacial score (nSPS) is 10.9. The number of thioether (sulfide) groups is 1. The molecule has 0 amide bonds. The molecule has 1 aromatic carbocycles. The van der Waals surface area contributed by atoms with Crippen LogP contribution < -0.4 is 0 Å². The van der Waals surface area contributed by atoms with E-state index in [4.69, 9.17) is 11.6 Å². The highest BCUT2D eigenvalue weighted by atomic mass is 35.5. The highest BCUT2D eigenvalue weighted by Crippen LogP contribution is 2.25. The Hall–Kier alpha value is -1.85. The van der Waals surface area contributed by atoms with E-state index in [9.17, 15) is 0 Å². The lowest BCUT2D eigenvalue weighted by molar-refractivity contribution is 0.703. The molecule has 0 saturated heterocycles. The van der Waals surface area contributed by atoms with Gasteiger partial charge in [0.05, 0.1) is 18.1 Å². The Balaban J connectivity index is 1.97. The molecule has 21 heavy (non-hydrogen) atoms. The van der Waals surface area contributed by atoms with Gasteiger partial charge in [0.2, 0.25) is 0 Å². The Kier molecular flexibility index (Phi) is 4.22. The van der Waals surface area contributed by atoms with Crippen molar-refractivity contribution in [2.75, 3.05) is 5.75 Å². The summed E-state index contributed by atoms with van der Waals surface area (Å²) in [5.41, 5.74) is 1.83. The number of fused-ring (bicyclic) bond motifs is 1. The van der Waals surface area contributed by atoms with Crippen molar-refractivity contribution in [3.8, 4) is 0 Å². The van der Waals surface area contributed by atoms with Gasteiger partial charge in [-0.1, -0.05) is 35.9 Å². The highest BCUT2D eigenvalue weighted by Gasteiger charge is 2.11. The molecule has 0 bridgehead atoms. The summed E-state index contributed by atoms with van der Waals surface area (Å²) in [7, 11) is 0. The van der Waals surface area contributed by atoms with E-state index in [1.807, 2.05) is 35.0 Å². The van der Waals surface area contributed by atoms with Gasteiger partial charge in [0.25, 0.3) is 0 Å². The van der Waals surface area contributed by atoms with E-state index in [2.05, 4.69) is 21.6 Å². The molecule has 0 aliphatic heterocycles. The maximum Gasteiger partial charge on any atom is 0.162 e. The molecular weight excluding hydrogens is 304 g/mol. The highest BCUT2D eigenvalue weighted by molar-refractivity contribution is 7.99. The van der Waals surface area contributed by atoms with Gasteiger partial charge in [0.15, 0.2) is 5.65 Å². The van der Waals surface area contributed by atoms with Crippen molar-refractivity contribution in [3.05, 3.63) is 60.0 Å². The minimum Gasteiger partial charge on any atom is -0.243 e. The van der Waals surface area contributed by atoms with Gasteiger partial charge < -0.3 is 0 Å². The molecule has 6 heteroatoms. The molecule has 0 N–H and O–H groups in total. The first-order chi connectivity index (χ1) is 10.3. The van der Waals surface area contributed by atoms with E-state index >= 15 is 0 Å². The zero-order valence-corrected chi connectivity index (χ0v) is 12.8. The first-order valence-electron chi connectivity index (χ1n) is 6.43. The van der Waals surface area contributed by atoms with Crippen LogP contribution in [0.2, 0.25) is 5.02 Å². The fourth-order valence-corrected chi connectivity index (χ4v) is 2.92. The number of aromatic nitrogens is 4. The van der Waals surface area contributed by atoms with Crippen molar-refractivity contribution in [1.82, 2.24) is 19.7 Å². The van der Waals surface area contributed by atoms with Crippen molar-refractivity contribution < 1.29 is 0 Å². The van der Waals surface area contributed by atoms with Crippen LogP contribution in [0.4, 0.5) is 0 Å². The topological polar surface area (TPSA) is 43.6 Å². The summed E-state index contributed by atoms with van der Waals surface area (Å²) in [6.07, 6.45) is 5.23. The fraction of sp³-hybridized carbons (Fsp3) is 0.133. The van der Waals surface area contributed by atoms with Crippen molar-refractivity contribution >= 4 is 34.4 Å². The van der Waals surface area contributed by atoms with Gasteiger partial charge in [-0.25, -0.2) is 14.6 Å². The maximum absolute atomic E-state index is 6.20. The van der Waals surface area contributed by atoms with E-state index in [-0.39, 0.29) is 0 Å². The van der Waals surface area contributed by atoms with Gasteiger partial charge >= 0.3 is 0 Å². The van der Waals surface area contributed by atoms with E-state index in [0.29, 0.717) is 6.54 Å². The standard InChI is InChI=1S/C15H13ClN4S/c1-2-7-21-15-12-8-19-20(14(12)17-10-18-15)9-11-5-3-4-6-13(11)16/h2-6,8,10H,1,7,9H2. The summed E-state index contributed by atoms with van der Waals surface area (Å²) in [4.78, 5) is 8.65. The molecule has 0 spiro atoms. The van der Waals surface area contributed by atoms with Crippen LogP contribution in [-0.2, 0) is 6.54 Å². The van der Waals surface area contributed by atoms with Gasteiger partial charge in [0, 0.05) is 10.8 Å². The van der Waals surface area contributed by atoms with Crippen LogP contribution in [0, 0.1) is 0 Å². The monoisotopic (exact) mass is 316 g/mol. The Morgan fingerprint density at radius 3 is 2.95 bits per heavy atom. The molecule has 0 saturated carbocycles. The van der Waals surface area contributed by atoms with Crippen LogP contribution in [0.3, 0.4) is 0 Å². The van der Waals surface area contributed by atoms with Crippen LogP contribution >= 0.6 is 23.4 Å². The van der Waals surface area contributed by atoms with Gasteiger partial charge in [-0.05, 0) is 11.6 Å². The van der Waals surface area contributed by atoms with Crippen LogP contribution in [0.1, 0.15) is 5.56 Å². The number of halogens is 1. The Morgan fingerprint density at radius 2 is 2.14 bits per heavy atom. The summed E-state index contributed by atoms with van der Waals surface area (Å²) in [6.45, 7) is 4.32. The Morgan fingerprint density at radius 1 is 1.29 bits per heavy atom. The summed E-state index contributed by atoms with van der Waals surface area (Å²) in [6, 6.07) is 7.75. The summed E-state index contributed by atoms with van der Waals surface area (Å²) in [5.74, 6) is 0.807. The zero-order chi connectivity index (χ0) is 14.7. The molecule has 4 nitrogen and oxygen atoms in total. The SMILES string of the molecule is C=CCSc1ncnc2c1cnn2Cc1ccccc1Cl. The molecule has 106 valence electrons. The molecule has 3 rings (SSSR count). The second kappa shape index (κ2) is 6.28. The third-order valence-electron chi connectivity index (χ3n) is 3.01. The minimum atomic E-state index is 0.589. The Bertz CT molecular complexity index is 784. The van der Waals surface area contributed by atoms with E-state index in [1.54, 1.807) is 24.3 Å². The smallest absolute Gasteiger partial charge is 0.162 e. The fourth-order valence-electron chi connectivity index (χ4n) is 2.03. The lowest BCUT2D eigenvalue weighted by Crippen LogP contribution is -2.03. The molecule has 2 aromatic heterocycles. The van der Waals surface area contributed by atoms with Gasteiger partial charge in [-0.3, -0.25) is 0 Å². The molecule has 0 radical (unpaired) electrons. The number of benzene rings is 1. The third-order valence-corrected chi connectivity index (χ3v) is 4.38. The van der Waals surface area contributed by atoms with Crippen molar-refractivity contribution in [1.29, 1.82) is 0 Å². The molecule has 0 unspecified atom stereocenters. The predicted octanol–water partition coefficient (Wildman–Crippen LogP) is 3.81. The second-order valence-electron chi connectivity index (χ2n) is 4.41. The molecule has 0 fully saturated rings. The zero-order valence-electron chi connectivity index (χ0n) is 11.2. The number of nitrogens with zero attached hydrogens (tertiary/aromatic N) is 4. The molecule has 2 heterocycles. The summed E-state index contributed by atoms with van der Waals surface area (Å²) in [5, 5.41) is 7.03. The van der Waals surface area contributed by atoms with E-state index in [0.717, 1.165) is 32.4 Å². The Labute approximate surface area is 131 Å². The molecule has 0 aliphatic rings. The molecule has 0 aliphatic carbocycles. The second-order valence-corrected chi connectivity index (χ2v) is 5.83. The predicted molar refractivity (Wildman–Crippen MR) is 86.8 cm³/mol. The number of hydrogen-bond donors (Lipinski definition) is 0. The van der Waals surface area contributed by atoms with Crippen molar-refractivity contribution in [3.63, 3.8) is 0 Å². The maximum atomic E-state index is 6.20. The summed E-state index contributed by atoms with van der Waals surface area (Å²) >= 11 is 7.83.